The molecule has 2 aliphatic rings. The second-order valence-electron chi connectivity index (χ2n) is 5.66. The van der Waals surface area contributed by atoms with Gasteiger partial charge in [-0.15, -0.1) is 5.10 Å². The van der Waals surface area contributed by atoms with Gasteiger partial charge in [-0.3, -0.25) is 9.89 Å². The third kappa shape index (κ3) is 1.95. The summed E-state index contributed by atoms with van der Waals surface area (Å²) >= 11 is 0. The number of aromatic amines is 1. The number of carbonyl (C=O) groups is 1. The molecule has 3 atom stereocenters. The lowest BCUT2D eigenvalue weighted by Crippen LogP contribution is -2.34. The number of nitrogens with two attached hydrogens (primary N) is 1. The zero-order valence-corrected chi connectivity index (χ0v) is 10.6. The van der Waals surface area contributed by atoms with E-state index in [2.05, 4.69) is 15.2 Å². The Hall–Kier alpha value is -1.59. The summed E-state index contributed by atoms with van der Waals surface area (Å²) in [6.45, 7) is 0.820. The lowest BCUT2D eigenvalue weighted by molar-refractivity contribution is 0.0742. The van der Waals surface area contributed by atoms with Crippen molar-refractivity contribution >= 4 is 11.9 Å². The molecule has 1 amide bonds. The van der Waals surface area contributed by atoms with Gasteiger partial charge in [0.2, 0.25) is 11.8 Å². The van der Waals surface area contributed by atoms with Gasteiger partial charge in [0, 0.05) is 13.6 Å². The Morgan fingerprint density at radius 2 is 2.33 bits per heavy atom. The molecule has 6 heteroatoms. The number of fused-ring (bicyclic) bond motifs is 2. The molecule has 0 aromatic carbocycles. The molecule has 3 N–H and O–H groups in total. The zero-order valence-electron chi connectivity index (χ0n) is 10.6. The molecule has 0 saturated heterocycles. The van der Waals surface area contributed by atoms with Crippen molar-refractivity contribution in [3.8, 4) is 0 Å². The summed E-state index contributed by atoms with van der Waals surface area (Å²) in [6, 6.07) is 0. The highest BCUT2D eigenvalue weighted by atomic mass is 16.2. The van der Waals surface area contributed by atoms with Crippen molar-refractivity contribution < 1.29 is 4.79 Å². The number of hydrogen-bond acceptors (Lipinski definition) is 4. The van der Waals surface area contributed by atoms with Crippen LogP contribution in [0.15, 0.2) is 0 Å². The van der Waals surface area contributed by atoms with E-state index in [9.17, 15) is 4.79 Å². The lowest BCUT2D eigenvalue weighted by Gasteiger charge is -2.26. The first-order chi connectivity index (χ1) is 8.63. The molecule has 1 aromatic heterocycles. The van der Waals surface area contributed by atoms with E-state index < -0.39 is 0 Å². The Labute approximate surface area is 106 Å². The molecule has 0 spiro atoms. The quantitative estimate of drug-likeness (QED) is 0.833. The number of aromatic nitrogens is 3. The molecule has 6 nitrogen and oxygen atoms in total. The smallest absolute Gasteiger partial charge is 0.290 e. The van der Waals surface area contributed by atoms with Crippen LogP contribution in [0.25, 0.3) is 0 Å². The fourth-order valence-electron chi connectivity index (χ4n) is 3.59. The summed E-state index contributed by atoms with van der Waals surface area (Å²) in [7, 11) is 1.83. The third-order valence-corrected chi connectivity index (χ3v) is 4.44. The van der Waals surface area contributed by atoms with E-state index in [1.807, 2.05) is 7.05 Å². The largest absolute Gasteiger partial charge is 0.366 e. The maximum absolute atomic E-state index is 12.1. The molecular formula is C12H19N5O. The number of nitrogens with zero attached hydrogens (tertiary/aromatic N) is 3. The lowest BCUT2D eigenvalue weighted by atomic mass is 9.88. The van der Waals surface area contributed by atoms with Crippen LogP contribution in [0.2, 0.25) is 0 Å². The van der Waals surface area contributed by atoms with Crippen LogP contribution in [-0.4, -0.2) is 39.6 Å². The van der Waals surface area contributed by atoms with Crippen molar-refractivity contribution in [3.05, 3.63) is 5.82 Å². The van der Waals surface area contributed by atoms with Gasteiger partial charge in [0.05, 0.1) is 0 Å². The molecule has 3 rings (SSSR count). The van der Waals surface area contributed by atoms with Crippen molar-refractivity contribution in [2.24, 2.45) is 17.8 Å². The monoisotopic (exact) mass is 249 g/mol. The van der Waals surface area contributed by atoms with E-state index >= 15 is 0 Å². The first-order valence-corrected chi connectivity index (χ1v) is 6.57. The van der Waals surface area contributed by atoms with E-state index in [0.717, 1.165) is 18.4 Å². The fourth-order valence-corrected chi connectivity index (χ4v) is 3.59. The van der Waals surface area contributed by atoms with E-state index in [-0.39, 0.29) is 17.7 Å². The minimum atomic E-state index is -0.123. The van der Waals surface area contributed by atoms with Gasteiger partial charge in [-0.05, 0) is 37.0 Å². The molecule has 3 unspecified atom stereocenters. The second-order valence-corrected chi connectivity index (χ2v) is 5.66. The average Bonchev–Trinajstić information content (AvgIpc) is 3.03. The molecular weight excluding hydrogens is 230 g/mol. The van der Waals surface area contributed by atoms with Gasteiger partial charge in [-0.2, -0.15) is 4.98 Å². The van der Waals surface area contributed by atoms with E-state index in [4.69, 9.17) is 5.73 Å². The maximum Gasteiger partial charge on any atom is 0.290 e. The van der Waals surface area contributed by atoms with E-state index in [1.54, 1.807) is 4.90 Å². The van der Waals surface area contributed by atoms with Crippen LogP contribution >= 0.6 is 0 Å². The predicted octanol–water partition coefficient (Wildman–Crippen LogP) is 0.895. The number of H-pyrrole nitrogens is 1. The van der Waals surface area contributed by atoms with Crippen molar-refractivity contribution in [1.29, 1.82) is 0 Å². The predicted molar refractivity (Wildman–Crippen MR) is 66.7 cm³/mol. The number of nitrogens with one attached hydrogen (secondary N) is 1. The molecule has 2 fully saturated rings. The van der Waals surface area contributed by atoms with Crippen LogP contribution in [-0.2, 0) is 0 Å². The van der Waals surface area contributed by atoms with Gasteiger partial charge in [0.25, 0.3) is 5.91 Å². The normalized spacial score (nSPS) is 29.7. The van der Waals surface area contributed by atoms with Crippen molar-refractivity contribution in [2.75, 3.05) is 19.3 Å². The summed E-state index contributed by atoms with van der Waals surface area (Å²) in [4.78, 5) is 17.7. The minimum Gasteiger partial charge on any atom is -0.366 e. The van der Waals surface area contributed by atoms with Gasteiger partial charge in [-0.1, -0.05) is 6.42 Å². The molecule has 0 radical (unpaired) electrons. The number of amides is 1. The van der Waals surface area contributed by atoms with Crippen molar-refractivity contribution in [2.45, 2.75) is 25.7 Å². The SMILES string of the molecule is CN(CC1CC2CCC1C2)C(=O)c1nc(N)n[nH]1. The highest BCUT2D eigenvalue weighted by Gasteiger charge is 2.40. The molecule has 2 saturated carbocycles. The van der Waals surface area contributed by atoms with Gasteiger partial charge in [-0.25, -0.2) is 0 Å². The van der Waals surface area contributed by atoms with Crippen LogP contribution in [0.1, 0.15) is 36.3 Å². The Morgan fingerprint density at radius 3 is 2.89 bits per heavy atom. The van der Waals surface area contributed by atoms with Crippen molar-refractivity contribution in [3.63, 3.8) is 0 Å². The number of anilines is 1. The molecule has 2 bridgehead atoms. The van der Waals surface area contributed by atoms with Crippen LogP contribution < -0.4 is 5.73 Å². The summed E-state index contributed by atoms with van der Waals surface area (Å²) in [5.41, 5.74) is 5.41. The summed E-state index contributed by atoms with van der Waals surface area (Å²) < 4.78 is 0. The number of rotatable bonds is 3. The van der Waals surface area contributed by atoms with Crippen LogP contribution in [0.5, 0.6) is 0 Å². The second kappa shape index (κ2) is 4.26. The van der Waals surface area contributed by atoms with Crippen molar-refractivity contribution in [1.82, 2.24) is 20.1 Å². The van der Waals surface area contributed by atoms with E-state index in [0.29, 0.717) is 5.92 Å². The minimum absolute atomic E-state index is 0.117. The molecule has 1 aromatic rings. The highest BCUT2D eigenvalue weighted by Crippen LogP contribution is 2.48. The van der Waals surface area contributed by atoms with Gasteiger partial charge < -0.3 is 10.6 Å². The van der Waals surface area contributed by atoms with Crippen LogP contribution in [0, 0.1) is 17.8 Å². The molecule has 98 valence electrons. The Morgan fingerprint density at radius 1 is 1.50 bits per heavy atom. The Bertz CT molecular complexity index is 457. The number of nitrogen functional groups attached to an aromatic ring is 1. The third-order valence-electron chi connectivity index (χ3n) is 4.44. The van der Waals surface area contributed by atoms with E-state index in [1.165, 1.54) is 25.7 Å². The number of hydrogen-bond donors (Lipinski definition) is 2. The topological polar surface area (TPSA) is 87.9 Å². The molecule has 0 aliphatic heterocycles. The summed E-state index contributed by atoms with van der Waals surface area (Å²) in [6.07, 6.45) is 5.37. The summed E-state index contributed by atoms with van der Waals surface area (Å²) in [5.74, 6) is 2.62. The summed E-state index contributed by atoms with van der Waals surface area (Å²) in [5, 5.41) is 6.25. The van der Waals surface area contributed by atoms with Gasteiger partial charge in [0.15, 0.2) is 0 Å². The van der Waals surface area contributed by atoms with Gasteiger partial charge >= 0.3 is 0 Å². The molecule has 1 heterocycles. The maximum atomic E-state index is 12.1. The first kappa shape index (κ1) is 11.5. The van der Waals surface area contributed by atoms with Gasteiger partial charge in [0.1, 0.15) is 0 Å². The molecule has 2 aliphatic carbocycles. The van der Waals surface area contributed by atoms with Crippen LogP contribution in [0.3, 0.4) is 0 Å². The Kier molecular flexibility index (Phi) is 2.72. The Balaban J connectivity index is 1.61. The highest BCUT2D eigenvalue weighted by molar-refractivity contribution is 5.90. The standard InChI is InChI=1S/C12H19N5O/c1-17(11(18)10-14-12(13)16-15-10)6-9-5-7-2-3-8(9)4-7/h7-9H,2-6H2,1H3,(H3,13,14,15,16). The van der Waals surface area contributed by atoms with Crippen LogP contribution in [0.4, 0.5) is 5.95 Å². The number of carbonyl (C=O) groups excluding carboxylic acids is 1. The first-order valence-electron chi connectivity index (χ1n) is 6.57. The average molecular weight is 249 g/mol. The zero-order chi connectivity index (χ0) is 12.7. The molecule has 18 heavy (non-hydrogen) atoms. The fraction of sp³-hybridized carbons (Fsp3) is 0.750.